The van der Waals surface area contributed by atoms with Gasteiger partial charge in [-0.05, 0) is 30.0 Å². The van der Waals surface area contributed by atoms with E-state index in [1.54, 1.807) is 0 Å². The molecule has 0 aliphatic carbocycles. The van der Waals surface area contributed by atoms with Gasteiger partial charge in [0.2, 0.25) is 5.91 Å². The number of hydrogen-bond acceptors (Lipinski definition) is 2. The van der Waals surface area contributed by atoms with Crippen LogP contribution in [0.4, 0.5) is 13.2 Å². The number of nitrogens with two attached hydrogens (primary N) is 1. The number of nitrogens with zero attached hydrogens (tertiary/aromatic N) is 1. The molecule has 1 aromatic carbocycles. The van der Waals surface area contributed by atoms with Gasteiger partial charge in [-0.2, -0.15) is 13.2 Å². The highest BCUT2D eigenvalue weighted by molar-refractivity contribution is 5.83. The van der Waals surface area contributed by atoms with Gasteiger partial charge >= 0.3 is 6.18 Å². The second-order valence-corrected chi connectivity index (χ2v) is 5.03. The topological polar surface area (TPSA) is 65.1 Å². The highest BCUT2D eigenvalue weighted by atomic mass is 19.4. The van der Waals surface area contributed by atoms with Gasteiger partial charge in [0.1, 0.15) is 6.04 Å². The quantitative estimate of drug-likeness (QED) is 0.943. The van der Waals surface area contributed by atoms with Gasteiger partial charge in [-0.3, -0.25) is 9.59 Å². The van der Waals surface area contributed by atoms with Crippen molar-refractivity contribution in [3.05, 3.63) is 46.4 Å². The molecule has 2 aromatic rings. The normalized spacial score (nSPS) is 13.3. The summed E-state index contributed by atoms with van der Waals surface area (Å²) in [5, 5.41) is 0.300. The van der Waals surface area contributed by atoms with Crippen molar-refractivity contribution >= 4 is 16.7 Å². The minimum Gasteiger partial charge on any atom is -0.368 e. The van der Waals surface area contributed by atoms with Crippen LogP contribution < -0.4 is 11.3 Å². The van der Waals surface area contributed by atoms with Gasteiger partial charge in [0, 0.05) is 11.6 Å². The van der Waals surface area contributed by atoms with Crippen LogP contribution in [0.3, 0.4) is 0 Å². The molecule has 2 N–H and O–H groups in total. The van der Waals surface area contributed by atoms with Gasteiger partial charge in [0.25, 0.3) is 5.56 Å². The Kier molecular flexibility index (Phi) is 4.25. The van der Waals surface area contributed by atoms with Crippen molar-refractivity contribution in [1.29, 1.82) is 0 Å². The Balaban J connectivity index is 2.66. The minimum absolute atomic E-state index is 0.0836. The molecule has 1 heterocycles. The van der Waals surface area contributed by atoms with Gasteiger partial charge in [-0.15, -0.1) is 0 Å². The number of aromatic nitrogens is 1. The zero-order valence-corrected chi connectivity index (χ0v) is 11.9. The number of alkyl halides is 3. The Morgan fingerprint density at radius 3 is 2.55 bits per heavy atom. The summed E-state index contributed by atoms with van der Waals surface area (Å²) in [6.45, 7) is 1.82. The molecule has 1 amide bonds. The lowest BCUT2D eigenvalue weighted by Gasteiger charge is -2.17. The zero-order valence-electron chi connectivity index (χ0n) is 11.9. The Bertz CT molecular complexity index is 765. The molecule has 0 aliphatic heterocycles. The average molecular weight is 312 g/mol. The second kappa shape index (κ2) is 5.82. The van der Waals surface area contributed by atoms with E-state index in [4.69, 9.17) is 5.73 Å². The average Bonchev–Trinajstić information content (AvgIpc) is 2.44. The van der Waals surface area contributed by atoms with Crippen molar-refractivity contribution in [2.24, 2.45) is 5.73 Å². The van der Waals surface area contributed by atoms with E-state index in [9.17, 15) is 22.8 Å². The molecule has 0 radical (unpaired) electrons. The van der Waals surface area contributed by atoms with E-state index in [1.807, 2.05) is 6.92 Å². The Hall–Kier alpha value is -2.31. The predicted molar refractivity (Wildman–Crippen MR) is 76.3 cm³/mol. The molecule has 0 fully saturated rings. The van der Waals surface area contributed by atoms with Crippen LogP contribution in [-0.2, 0) is 11.0 Å². The summed E-state index contributed by atoms with van der Waals surface area (Å²) in [6, 6.07) is 3.60. The van der Waals surface area contributed by atoms with Crippen LogP contribution >= 0.6 is 0 Å². The fourth-order valence-electron chi connectivity index (χ4n) is 2.37. The predicted octanol–water partition coefficient (Wildman–Crippen LogP) is 2.85. The largest absolute Gasteiger partial charge is 0.416 e. The van der Waals surface area contributed by atoms with Gasteiger partial charge in [0.05, 0.1) is 5.56 Å². The first-order valence-electron chi connectivity index (χ1n) is 6.77. The maximum Gasteiger partial charge on any atom is 0.416 e. The molecule has 2 rings (SSSR count). The number of carbonyl (C=O) groups excluding carboxylic acids is 1. The van der Waals surface area contributed by atoms with E-state index >= 15 is 0 Å². The molecule has 0 spiro atoms. The summed E-state index contributed by atoms with van der Waals surface area (Å²) in [5.74, 6) is -0.685. The lowest BCUT2D eigenvalue weighted by atomic mass is 10.1. The van der Waals surface area contributed by atoms with Crippen molar-refractivity contribution in [3.63, 3.8) is 0 Å². The molecular formula is C15H15F3N2O2. The molecule has 22 heavy (non-hydrogen) atoms. The standard InChI is InChI=1S/C15H15F3N2O2/c1-2-3-12(13(19)21)20-7-6-9-4-5-10(15(16,17)18)8-11(9)14(20)22/h4-8,12H,2-3H2,1H3,(H2,19,21). The number of rotatable bonds is 4. The number of halogens is 3. The number of carbonyl (C=O) groups is 1. The Labute approximate surface area is 124 Å². The van der Waals surface area contributed by atoms with Crippen molar-refractivity contribution in [3.8, 4) is 0 Å². The van der Waals surface area contributed by atoms with Gasteiger partial charge < -0.3 is 10.3 Å². The van der Waals surface area contributed by atoms with Crippen LogP contribution in [-0.4, -0.2) is 10.5 Å². The highest BCUT2D eigenvalue weighted by Crippen LogP contribution is 2.30. The maximum atomic E-state index is 12.8. The van der Waals surface area contributed by atoms with E-state index in [0.717, 1.165) is 16.7 Å². The van der Waals surface area contributed by atoms with E-state index in [0.29, 0.717) is 18.2 Å². The first-order chi connectivity index (χ1) is 10.3. The van der Waals surface area contributed by atoms with E-state index in [1.165, 1.54) is 18.3 Å². The molecule has 4 nitrogen and oxygen atoms in total. The van der Waals surface area contributed by atoms with Gasteiger partial charge in [-0.25, -0.2) is 0 Å². The van der Waals surface area contributed by atoms with Crippen molar-refractivity contribution < 1.29 is 18.0 Å². The molecule has 0 bridgehead atoms. The fraction of sp³-hybridized carbons (Fsp3) is 0.333. The molecule has 7 heteroatoms. The fourth-order valence-corrected chi connectivity index (χ4v) is 2.37. The molecular weight excluding hydrogens is 297 g/mol. The highest BCUT2D eigenvalue weighted by Gasteiger charge is 2.31. The zero-order chi connectivity index (χ0) is 16.5. The third-order valence-corrected chi connectivity index (χ3v) is 3.49. The molecule has 0 saturated heterocycles. The number of pyridine rings is 1. The monoisotopic (exact) mass is 312 g/mol. The van der Waals surface area contributed by atoms with Crippen molar-refractivity contribution in [2.45, 2.75) is 32.0 Å². The van der Waals surface area contributed by atoms with Gasteiger partial charge in [-0.1, -0.05) is 19.4 Å². The summed E-state index contributed by atoms with van der Waals surface area (Å²) in [6.07, 6.45) is -2.18. The van der Waals surface area contributed by atoms with E-state index < -0.39 is 29.2 Å². The van der Waals surface area contributed by atoms with Gasteiger partial charge in [0.15, 0.2) is 0 Å². The Morgan fingerprint density at radius 1 is 1.32 bits per heavy atom. The maximum absolute atomic E-state index is 12.8. The summed E-state index contributed by atoms with van der Waals surface area (Å²) in [5.41, 5.74) is 3.73. The summed E-state index contributed by atoms with van der Waals surface area (Å²) < 4.78 is 39.4. The molecule has 0 saturated carbocycles. The first-order valence-corrected chi connectivity index (χ1v) is 6.77. The number of amides is 1. The van der Waals surface area contributed by atoms with Crippen LogP contribution in [0.25, 0.3) is 10.8 Å². The van der Waals surface area contributed by atoms with Crippen molar-refractivity contribution in [1.82, 2.24) is 4.57 Å². The number of fused-ring (bicyclic) bond motifs is 1. The third kappa shape index (κ3) is 2.98. The van der Waals surface area contributed by atoms with Crippen LogP contribution in [0.15, 0.2) is 35.3 Å². The molecule has 118 valence electrons. The third-order valence-electron chi connectivity index (χ3n) is 3.49. The van der Waals surface area contributed by atoms with Crippen LogP contribution in [0.5, 0.6) is 0 Å². The minimum atomic E-state index is -4.53. The van der Waals surface area contributed by atoms with E-state index in [2.05, 4.69) is 0 Å². The summed E-state index contributed by atoms with van der Waals surface area (Å²) >= 11 is 0. The van der Waals surface area contributed by atoms with E-state index in [-0.39, 0.29) is 5.39 Å². The lowest BCUT2D eigenvalue weighted by Crippen LogP contribution is -2.33. The van der Waals surface area contributed by atoms with Crippen molar-refractivity contribution in [2.75, 3.05) is 0 Å². The number of hydrogen-bond donors (Lipinski definition) is 1. The lowest BCUT2D eigenvalue weighted by molar-refractivity contribution is -0.137. The molecule has 0 aliphatic rings. The van der Waals surface area contributed by atoms with Crippen LogP contribution in [0.1, 0.15) is 31.4 Å². The summed E-state index contributed by atoms with van der Waals surface area (Å²) in [7, 11) is 0. The molecule has 1 unspecified atom stereocenters. The second-order valence-electron chi connectivity index (χ2n) is 5.03. The molecule has 1 aromatic heterocycles. The molecule has 1 atom stereocenters. The number of primary amides is 1. The van der Waals surface area contributed by atoms with Crippen LogP contribution in [0, 0.1) is 0 Å². The number of benzene rings is 1. The Morgan fingerprint density at radius 2 is 2.00 bits per heavy atom. The summed E-state index contributed by atoms with van der Waals surface area (Å²) in [4.78, 5) is 23.9. The first kappa shape index (κ1) is 16.1. The smallest absolute Gasteiger partial charge is 0.368 e. The SMILES string of the molecule is CCCC(C(N)=O)n1ccc2ccc(C(F)(F)F)cc2c1=O. The van der Waals surface area contributed by atoms with Crippen LogP contribution in [0.2, 0.25) is 0 Å².